The number of amides is 1. The molecule has 0 aromatic carbocycles. The first kappa shape index (κ1) is 14.6. The molecule has 0 bridgehead atoms. The average Bonchev–Trinajstić information content (AvgIpc) is 2.46. The lowest BCUT2D eigenvalue weighted by Gasteiger charge is -2.23. The van der Waals surface area contributed by atoms with Gasteiger partial charge in [0.1, 0.15) is 11.3 Å². The van der Waals surface area contributed by atoms with Crippen LogP contribution in [0.1, 0.15) is 10.4 Å². The third-order valence-electron chi connectivity index (χ3n) is 2.66. The van der Waals surface area contributed by atoms with Crippen LogP contribution in [0.25, 0.3) is 0 Å². The zero-order valence-corrected chi connectivity index (χ0v) is 11.1. The Bertz CT molecular complexity index is 519. The third kappa shape index (κ3) is 3.62. The van der Waals surface area contributed by atoms with E-state index in [0.717, 1.165) is 12.3 Å². The Morgan fingerprint density at radius 2 is 2.40 bits per heavy atom. The predicted molar refractivity (Wildman–Crippen MR) is 68.8 cm³/mol. The maximum Gasteiger partial charge on any atom is 0.288 e. The van der Waals surface area contributed by atoms with E-state index in [-0.39, 0.29) is 29.1 Å². The van der Waals surface area contributed by atoms with Gasteiger partial charge in [-0.15, -0.1) is 0 Å². The molecule has 1 aliphatic rings. The van der Waals surface area contributed by atoms with Crippen LogP contribution in [0.15, 0.2) is 12.3 Å². The fraction of sp³-hybridized carbons (Fsp3) is 0.455. The van der Waals surface area contributed by atoms with Gasteiger partial charge in [0.05, 0.1) is 36.4 Å². The van der Waals surface area contributed by atoms with Crippen LogP contribution >= 0.6 is 11.6 Å². The van der Waals surface area contributed by atoms with Crippen molar-refractivity contribution in [1.29, 1.82) is 0 Å². The molecule has 0 aliphatic carbocycles. The molecule has 1 atom stereocenters. The fourth-order valence-electron chi connectivity index (χ4n) is 1.65. The van der Waals surface area contributed by atoms with Crippen molar-refractivity contribution >= 4 is 23.2 Å². The van der Waals surface area contributed by atoms with E-state index in [9.17, 15) is 14.9 Å². The van der Waals surface area contributed by atoms with Crippen molar-refractivity contribution in [2.75, 3.05) is 26.4 Å². The minimum atomic E-state index is -0.641. The summed E-state index contributed by atoms with van der Waals surface area (Å²) in [6, 6.07) is 1.09. The van der Waals surface area contributed by atoms with Crippen molar-refractivity contribution in [3.05, 3.63) is 33.1 Å². The van der Waals surface area contributed by atoms with E-state index >= 15 is 0 Å². The van der Waals surface area contributed by atoms with Gasteiger partial charge in [0, 0.05) is 12.6 Å². The van der Waals surface area contributed by atoms with Crippen LogP contribution in [0.5, 0.6) is 0 Å². The topological polar surface area (TPSA) is 104 Å². The zero-order valence-electron chi connectivity index (χ0n) is 10.4. The van der Waals surface area contributed by atoms with Gasteiger partial charge < -0.3 is 14.8 Å². The molecular formula is C11H12ClN3O5. The summed E-state index contributed by atoms with van der Waals surface area (Å²) < 4.78 is 10.6. The Labute approximate surface area is 119 Å². The predicted octanol–water partition coefficient (Wildman–Crippen LogP) is 0.788. The Balaban J connectivity index is 2.00. The standard InChI is InChI=1S/C11H12ClN3O5/c12-10-9(3-7(4-13-10)15(17)18)11(16)14-5-8-6-19-1-2-20-8/h3-4,8H,1-2,5-6H2,(H,14,16). The maximum atomic E-state index is 11.9. The normalized spacial score (nSPS) is 18.6. The zero-order chi connectivity index (χ0) is 14.5. The van der Waals surface area contributed by atoms with Gasteiger partial charge in [0.2, 0.25) is 0 Å². The van der Waals surface area contributed by atoms with E-state index in [1.54, 1.807) is 0 Å². The monoisotopic (exact) mass is 301 g/mol. The number of hydrogen-bond acceptors (Lipinski definition) is 6. The summed E-state index contributed by atoms with van der Waals surface area (Å²) in [5.41, 5.74) is -0.339. The van der Waals surface area contributed by atoms with Crippen LogP contribution in [0.2, 0.25) is 5.15 Å². The molecule has 0 radical (unpaired) electrons. The number of pyridine rings is 1. The number of nitrogens with zero attached hydrogens (tertiary/aromatic N) is 2. The van der Waals surface area contributed by atoms with Gasteiger partial charge in [-0.25, -0.2) is 4.98 Å². The van der Waals surface area contributed by atoms with E-state index < -0.39 is 10.8 Å². The second-order valence-corrected chi connectivity index (χ2v) is 4.42. The average molecular weight is 302 g/mol. The second-order valence-electron chi connectivity index (χ2n) is 4.07. The summed E-state index contributed by atoms with van der Waals surface area (Å²) in [5.74, 6) is -0.541. The number of carbonyl (C=O) groups is 1. The molecule has 9 heteroatoms. The first-order valence-electron chi connectivity index (χ1n) is 5.85. The lowest BCUT2D eigenvalue weighted by atomic mass is 10.2. The number of ether oxygens (including phenoxy) is 2. The van der Waals surface area contributed by atoms with Gasteiger partial charge in [-0.2, -0.15) is 0 Å². The lowest BCUT2D eigenvalue weighted by Crippen LogP contribution is -2.39. The molecule has 0 saturated carbocycles. The molecule has 2 heterocycles. The molecule has 1 aromatic rings. The number of aromatic nitrogens is 1. The molecule has 1 aliphatic heterocycles. The molecule has 1 saturated heterocycles. The largest absolute Gasteiger partial charge is 0.376 e. The smallest absolute Gasteiger partial charge is 0.288 e. The minimum absolute atomic E-state index is 0.0439. The molecule has 20 heavy (non-hydrogen) atoms. The maximum absolute atomic E-state index is 11.9. The number of nitro groups is 1. The highest BCUT2D eigenvalue weighted by molar-refractivity contribution is 6.32. The van der Waals surface area contributed by atoms with E-state index in [2.05, 4.69) is 10.3 Å². The fourth-order valence-corrected chi connectivity index (χ4v) is 1.84. The van der Waals surface area contributed by atoms with E-state index in [4.69, 9.17) is 21.1 Å². The highest BCUT2D eigenvalue weighted by Gasteiger charge is 2.19. The Morgan fingerprint density at radius 1 is 1.60 bits per heavy atom. The number of rotatable bonds is 4. The first-order valence-corrected chi connectivity index (χ1v) is 6.23. The number of hydrogen-bond donors (Lipinski definition) is 1. The van der Waals surface area contributed by atoms with Gasteiger partial charge in [-0.05, 0) is 0 Å². The van der Waals surface area contributed by atoms with Crippen LogP contribution in [-0.4, -0.2) is 48.3 Å². The highest BCUT2D eigenvalue weighted by Crippen LogP contribution is 2.18. The molecule has 2 rings (SSSR count). The first-order chi connectivity index (χ1) is 9.58. The summed E-state index contributed by atoms with van der Waals surface area (Å²) in [6.45, 7) is 1.63. The Morgan fingerprint density at radius 3 is 3.05 bits per heavy atom. The SMILES string of the molecule is O=C(NCC1COCCO1)c1cc([N+](=O)[O-])cnc1Cl. The summed E-state index contributed by atoms with van der Waals surface area (Å²) in [6.07, 6.45) is 0.759. The minimum Gasteiger partial charge on any atom is -0.376 e. The van der Waals surface area contributed by atoms with Gasteiger partial charge >= 0.3 is 0 Å². The second kappa shape index (κ2) is 6.60. The molecule has 1 unspecified atom stereocenters. The van der Waals surface area contributed by atoms with Crippen LogP contribution in [-0.2, 0) is 9.47 Å². The molecule has 1 fully saturated rings. The Hall–Kier alpha value is -1.77. The van der Waals surface area contributed by atoms with Crippen molar-refractivity contribution in [2.24, 2.45) is 0 Å². The number of halogens is 1. The van der Waals surface area contributed by atoms with Gasteiger partial charge in [-0.3, -0.25) is 14.9 Å². The summed E-state index contributed by atoms with van der Waals surface area (Å²) in [5, 5.41) is 13.1. The van der Waals surface area contributed by atoms with Crippen LogP contribution < -0.4 is 5.32 Å². The summed E-state index contributed by atoms with van der Waals surface area (Å²) in [4.78, 5) is 25.6. The van der Waals surface area contributed by atoms with Crippen molar-refractivity contribution < 1.29 is 19.2 Å². The molecular weight excluding hydrogens is 290 g/mol. The van der Waals surface area contributed by atoms with E-state index in [1.165, 1.54) is 0 Å². The van der Waals surface area contributed by atoms with E-state index in [0.29, 0.717) is 19.8 Å². The van der Waals surface area contributed by atoms with Crippen molar-refractivity contribution in [1.82, 2.24) is 10.3 Å². The molecule has 108 valence electrons. The highest BCUT2D eigenvalue weighted by atomic mass is 35.5. The summed E-state index contributed by atoms with van der Waals surface area (Å²) >= 11 is 5.77. The van der Waals surface area contributed by atoms with Crippen LogP contribution in [0.3, 0.4) is 0 Å². The number of carbonyl (C=O) groups excluding carboxylic acids is 1. The quantitative estimate of drug-likeness (QED) is 0.501. The van der Waals surface area contributed by atoms with Crippen molar-refractivity contribution in [2.45, 2.75) is 6.10 Å². The molecule has 1 amide bonds. The Kier molecular flexibility index (Phi) is 4.83. The van der Waals surface area contributed by atoms with Crippen molar-refractivity contribution in [3.63, 3.8) is 0 Å². The molecule has 8 nitrogen and oxygen atoms in total. The van der Waals surface area contributed by atoms with Gasteiger partial charge in [0.25, 0.3) is 11.6 Å². The van der Waals surface area contributed by atoms with Gasteiger partial charge in [-0.1, -0.05) is 11.6 Å². The molecule has 0 spiro atoms. The molecule has 1 aromatic heterocycles. The summed E-state index contributed by atoms with van der Waals surface area (Å²) in [7, 11) is 0. The number of nitrogens with one attached hydrogen (secondary N) is 1. The van der Waals surface area contributed by atoms with E-state index in [1.807, 2.05) is 0 Å². The van der Waals surface area contributed by atoms with Crippen LogP contribution in [0.4, 0.5) is 5.69 Å². The third-order valence-corrected chi connectivity index (χ3v) is 2.96. The lowest BCUT2D eigenvalue weighted by molar-refractivity contribution is -0.385. The van der Waals surface area contributed by atoms with Crippen molar-refractivity contribution in [3.8, 4) is 0 Å². The molecule has 1 N–H and O–H groups in total. The van der Waals surface area contributed by atoms with Crippen LogP contribution in [0, 0.1) is 10.1 Å². The van der Waals surface area contributed by atoms with Gasteiger partial charge in [0.15, 0.2) is 0 Å².